The summed E-state index contributed by atoms with van der Waals surface area (Å²) in [6, 6.07) is 0. The Morgan fingerprint density at radius 1 is 1.75 bits per heavy atom. The van der Waals surface area contributed by atoms with E-state index in [-0.39, 0.29) is 0 Å². The van der Waals surface area contributed by atoms with Gasteiger partial charge in [0.2, 0.25) is 0 Å². The molecular formula is C5H10N2O. The highest BCUT2D eigenvalue weighted by Gasteiger charge is 1.98. The van der Waals surface area contributed by atoms with Crippen LogP contribution in [0.2, 0.25) is 0 Å². The smallest absolute Gasteiger partial charge is 0.0667 e. The molecule has 1 heterocycles. The second kappa shape index (κ2) is 2.69. The maximum Gasteiger partial charge on any atom is 0.0667 e. The minimum Gasteiger partial charge on any atom is -0.377 e. The van der Waals surface area contributed by atoms with Crippen LogP contribution in [0.15, 0.2) is 11.8 Å². The van der Waals surface area contributed by atoms with Crippen LogP contribution in [0.4, 0.5) is 0 Å². The van der Waals surface area contributed by atoms with Crippen LogP contribution in [0.25, 0.3) is 0 Å². The first-order valence-electron chi connectivity index (χ1n) is 2.67. The summed E-state index contributed by atoms with van der Waals surface area (Å²) in [6.07, 6.45) is 2.86. The van der Waals surface area contributed by atoms with Crippen LogP contribution in [-0.2, 0) is 4.74 Å². The zero-order valence-corrected chi connectivity index (χ0v) is 4.68. The molecule has 0 amide bonds. The van der Waals surface area contributed by atoms with Gasteiger partial charge in [-0.15, -0.1) is 0 Å². The maximum absolute atomic E-state index is 5.13. The lowest BCUT2D eigenvalue weighted by Crippen LogP contribution is -2.24. The molecule has 3 N–H and O–H groups in total. The summed E-state index contributed by atoms with van der Waals surface area (Å²) in [5.41, 5.74) is 3.66. The topological polar surface area (TPSA) is 47.3 Å². The van der Waals surface area contributed by atoms with E-state index >= 15 is 0 Å². The average Bonchev–Trinajstić information content (AvgIpc) is 1.90. The van der Waals surface area contributed by atoms with Crippen molar-refractivity contribution in [3.63, 3.8) is 0 Å². The van der Waals surface area contributed by atoms with Gasteiger partial charge in [0.15, 0.2) is 0 Å². The molecule has 0 aromatic rings. The van der Waals surface area contributed by atoms with E-state index in [1.165, 1.54) is 0 Å². The molecule has 46 valence electrons. The Bertz CT molecular complexity index is 101. The summed E-state index contributed by atoms with van der Waals surface area (Å²) in [4.78, 5) is 0. The van der Waals surface area contributed by atoms with Crippen LogP contribution in [0.1, 0.15) is 6.42 Å². The molecule has 0 aromatic heterocycles. The van der Waals surface area contributed by atoms with Gasteiger partial charge in [-0.2, -0.15) is 0 Å². The molecule has 0 bridgehead atoms. The lowest BCUT2D eigenvalue weighted by atomic mass is 10.3. The summed E-state index contributed by atoms with van der Waals surface area (Å²) < 4.78 is 5.03. The monoisotopic (exact) mass is 114 g/mol. The van der Waals surface area contributed by atoms with Crippen molar-refractivity contribution in [2.24, 2.45) is 5.84 Å². The van der Waals surface area contributed by atoms with Gasteiger partial charge in [-0.05, 0) is 6.08 Å². The predicted molar refractivity (Wildman–Crippen MR) is 30.8 cm³/mol. The zero-order chi connectivity index (χ0) is 5.82. The molecule has 1 aliphatic heterocycles. The third-order valence-corrected chi connectivity index (χ3v) is 1.15. The minimum absolute atomic E-state index is 0.694. The van der Waals surface area contributed by atoms with Crippen LogP contribution in [0, 0.1) is 0 Å². The molecule has 0 aliphatic carbocycles. The van der Waals surface area contributed by atoms with E-state index in [4.69, 9.17) is 10.6 Å². The van der Waals surface area contributed by atoms with E-state index in [0.29, 0.717) is 6.61 Å². The Hall–Kier alpha value is -0.540. The fourth-order valence-corrected chi connectivity index (χ4v) is 0.658. The molecule has 8 heavy (non-hydrogen) atoms. The van der Waals surface area contributed by atoms with Gasteiger partial charge in [0, 0.05) is 12.1 Å². The lowest BCUT2D eigenvalue weighted by molar-refractivity contribution is 0.152. The van der Waals surface area contributed by atoms with Crippen molar-refractivity contribution in [3.8, 4) is 0 Å². The van der Waals surface area contributed by atoms with E-state index < -0.39 is 0 Å². The van der Waals surface area contributed by atoms with Gasteiger partial charge < -0.3 is 10.2 Å². The van der Waals surface area contributed by atoms with Gasteiger partial charge in [0.05, 0.1) is 13.2 Å². The highest BCUT2D eigenvalue weighted by molar-refractivity contribution is 5.00. The van der Waals surface area contributed by atoms with Crippen molar-refractivity contribution in [2.45, 2.75) is 6.42 Å². The normalized spacial score (nSPS) is 19.9. The quantitative estimate of drug-likeness (QED) is 0.365. The highest BCUT2D eigenvalue weighted by Crippen LogP contribution is 2.00. The van der Waals surface area contributed by atoms with Gasteiger partial charge >= 0.3 is 0 Å². The highest BCUT2D eigenvalue weighted by atomic mass is 16.5. The van der Waals surface area contributed by atoms with Crippen molar-refractivity contribution in [3.05, 3.63) is 11.8 Å². The minimum atomic E-state index is 0.694. The molecule has 1 rings (SSSR count). The van der Waals surface area contributed by atoms with Gasteiger partial charge in [-0.3, -0.25) is 5.84 Å². The molecular weight excluding hydrogens is 104 g/mol. The number of hydrogen-bond donors (Lipinski definition) is 2. The lowest BCUT2D eigenvalue weighted by Gasteiger charge is -2.11. The van der Waals surface area contributed by atoms with Gasteiger partial charge in [-0.1, -0.05) is 0 Å². The molecule has 1 aliphatic rings. The molecule has 0 fully saturated rings. The molecule has 0 spiro atoms. The second-order valence-electron chi connectivity index (χ2n) is 1.70. The standard InChI is InChI=1S/C5H10N2O/c6-7-5-1-3-8-4-2-5/h1,7H,2-4,6H2. The van der Waals surface area contributed by atoms with Crippen LogP contribution in [0.3, 0.4) is 0 Å². The Morgan fingerprint density at radius 3 is 3.00 bits per heavy atom. The third-order valence-electron chi connectivity index (χ3n) is 1.15. The Morgan fingerprint density at radius 2 is 2.62 bits per heavy atom. The first-order chi connectivity index (χ1) is 3.93. The predicted octanol–water partition coefficient (Wildman–Crippen LogP) is -0.246. The Kier molecular flexibility index (Phi) is 1.88. The molecule has 0 saturated heterocycles. The molecule has 0 saturated carbocycles. The Labute approximate surface area is 48.5 Å². The zero-order valence-electron chi connectivity index (χ0n) is 4.68. The number of ether oxygens (including phenoxy) is 1. The number of nitrogens with one attached hydrogen (secondary N) is 1. The first-order valence-corrected chi connectivity index (χ1v) is 2.67. The van der Waals surface area contributed by atoms with E-state index in [2.05, 4.69) is 5.43 Å². The fraction of sp³-hybridized carbons (Fsp3) is 0.600. The number of hydrazine groups is 1. The van der Waals surface area contributed by atoms with E-state index in [1.807, 2.05) is 6.08 Å². The van der Waals surface area contributed by atoms with Crippen molar-refractivity contribution in [1.29, 1.82) is 0 Å². The summed E-state index contributed by atoms with van der Waals surface area (Å²) in [7, 11) is 0. The molecule has 3 heteroatoms. The van der Waals surface area contributed by atoms with Crippen molar-refractivity contribution in [1.82, 2.24) is 5.43 Å². The van der Waals surface area contributed by atoms with Gasteiger partial charge in [0.1, 0.15) is 0 Å². The van der Waals surface area contributed by atoms with Crippen molar-refractivity contribution >= 4 is 0 Å². The summed E-state index contributed by atoms with van der Waals surface area (Å²) in [5.74, 6) is 5.13. The van der Waals surface area contributed by atoms with Crippen LogP contribution < -0.4 is 11.3 Å². The summed E-state index contributed by atoms with van der Waals surface area (Å²) in [5, 5.41) is 0. The number of hydrogen-bond acceptors (Lipinski definition) is 3. The van der Waals surface area contributed by atoms with E-state index in [1.54, 1.807) is 0 Å². The summed E-state index contributed by atoms with van der Waals surface area (Å²) in [6.45, 7) is 1.48. The van der Waals surface area contributed by atoms with Crippen LogP contribution in [-0.4, -0.2) is 13.2 Å². The molecule has 0 radical (unpaired) electrons. The molecule has 0 atom stereocenters. The second-order valence-corrected chi connectivity index (χ2v) is 1.70. The van der Waals surface area contributed by atoms with Crippen molar-refractivity contribution in [2.75, 3.05) is 13.2 Å². The maximum atomic E-state index is 5.13. The average molecular weight is 114 g/mol. The fourth-order valence-electron chi connectivity index (χ4n) is 0.658. The molecule has 0 unspecified atom stereocenters. The SMILES string of the molecule is NNC1=CCOCC1. The summed E-state index contributed by atoms with van der Waals surface area (Å²) >= 11 is 0. The molecule has 0 aromatic carbocycles. The molecule has 3 nitrogen and oxygen atoms in total. The number of rotatable bonds is 1. The van der Waals surface area contributed by atoms with Crippen LogP contribution >= 0.6 is 0 Å². The van der Waals surface area contributed by atoms with E-state index in [9.17, 15) is 0 Å². The first kappa shape index (κ1) is 5.59. The Balaban J connectivity index is 2.37. The number of nitrogens with two attached hydrogens (primary N) is 1. The van der Waals surface area contributed by atoms with Gasteiger partial charge in [0.25, 0.3) is 0 Å². The third kappa shape index (κ3) is 1.21. The van der Waals surface area contributed by atoms with Gasteiger partial charge in [-0.25, -0.2) is 0 Å². The van der Waals surface area contributed by atoms with Crippen molar-refractivity contribution < 1.29 is 4.74 Å². The largest absolute Gasteiger partial charge is 0.377 e. The van der Waals surface area contributed by atoms with Crippen LogP contribution in [0.5, 0.6) is 0 Å². The van der Waals surface area contributed by atoms with E-state index in [0.717, 1.165) is 18.7 Å².